The Morgan fingerprint density at radius 2 is 2.18 bits per heavy atom. The quantitative estimate of drug-likeness (QED) is 0.787. The van der Waals surface area contributed by atoms with Crippen LogP contribution in [0.25, 0.3) is 0 Å². The van der Waals surface area contributed by atoms with E-state index in [0.717, 1.165) is 0 Å². The maximum Gasteiger partial charge on any atom is 0.356 e. The summed E-state index contributed by atoms with van der Waals surface area (Å²) >= 11 is 0. The van der Waals surface area contributed by atoms with Gasteiger partial charge in [0, 0.05) is 20.2 Å². The number of anilines is 1. The summed E-state index contributed by atoms with van der Waals surface area (Å²) in [5, 5.41) is 9.12. The highest BCUT2D eigenvalue weighted by Gasteiger charge is 2.32. The summed E-state index contributed by atoms with van der Waals surface area (Å²) in [6.07, 6.45) is 1.39. The van der Waals surface area contributed by atoms with Crippen LogP contribution in [0, 0.1) is 0 Å². The van der Waals surface area contributed by atoms with E-state index in [9.17, 15) is 9.59 Å². The van der Waals surface area contributed by atoms with Crippen LogP contribution >= 0.6 is 0 Å². The van der Waals surface area contributed by atoms with E-state index >= 15 is 0 Å². The zero-order chi connectivity index (χ0) is 12.7. The monoisotopic (exact) mass is 238 g/mol. The van der Waals surface area contributed by atoms with E-state index in [1.165, 1.54) is 16.4 Å². The van der Waals surface area contributed by atoms with Gasteiger partial charge in [-0.25, -0.2) is 4.79 Å². The molecule has 2 rings (SSSR count). The van der Waals surface area contributed by atoms with Gasteiger partial charge in [-0.2, -0.15) is 0 Å². The molecule has 92 valence electrons. The molecule has 1 aromatic heterocycles. The van der Waals surface area contributed by atoms with Crippen LogP contribution in [-0.2, 0) is 11.8 Å². The number of hydrogen-bond donors (Lipinski definition) is 1. The fourth-order valence-electron chi connectivity index (χ4n) is 2.04. The van der Waals surface area contributed by atoms with Crippen molar-refractivity contribution >= 4 is 17.6 Å². The van der Waals surface area contributed by atoms with Gasteiger partial charge in [0.05, 0.1) is 6.54 Å². The number of nitrogens with zero attached hydrogens (tertiary/aromatic N) is 2. The Morgan fingerprint density at radius 3 is 2.71 bits per heavy atom. The van der Waals surface area contributed by atoms with E-state index in [-0.39, 0.29) is 23.5 Å². The zero-order valence-electron chi connectivity index (χ0n) is 9.93. The number of fused-ring (bicyclic) bond motifs is 1. The van der Waals surface area contributed by atoms with E-state index in [2.05, 4.69) is 0 Å². The molecular formula is C11H14N2O4. The van der Waals surface area contributed by atoms with Crippen molar-refractivity contribution < 1.29 is 19.4 Å². The van der Waals surface area contributed by atoms with E-state index < -0.39 is 5.97 Å². The van der Waals surface area contributed by atoms with Crippen molar-refractivity contribution in [2.45, 2.75) is 20.0 Å². The molecular weight excluding hydrogens is 224 g/mol. The largest absolute Gasteiger partial charge is 0.484 e. The first-order chi connectivity index (χ1) is 7.91. The van der Waals surface area contributed by atoms with Crippen molar-refractivity contribution in [2.75, 3.05) is 11.4 Å². The van der Waals surface area contributed by atoms with Crippen molar-refractivity contribution in [3.8, 4) is 5.75 Å². The molecule has 1 amide bonds. The second-order valence-corrected chi connectivity index (χ2v) is 4.17. The van der Waals surface area contributed by atoms with Gasteiger partial charge < -0.3 is 19.3 Å². The van der Waals surface area contributed by atoms with Gasteiger partial charge in [0.1, 0.15) is 11.8 Å². The first-order valence-electron chi connectivity index (χ1n) is 5.29. The number of carbonyl (C=O) groups excluding carboxylic acids is 1. The highest BCUT2D eigenvalue weighted by molar-refractivity contribution is 5.99. The minimum atomic E-state index is -1.06. The molecule has 2 heterocycles. The third-order valence-corrected chi connectivity index (χ3v) is 2.75. The van der Waals surface area contributed by atoms with Crippen LogP contribution in [0.2, 0.25) is 0 Å². The Balaban J connectivity index is 2.58. The molecule has 1 atom stereocenters. The molecule has 6 nitrogen and oxygen atoms in total. The second kappa shape index (κ2) is 3.80. The molecule has 0 saturated carbocycles. The van der Waals surface area contributed by atoms with E-state index in [0.29, 0.717) is 12.2 Å². The molecule has 1 N–H and O–H groups in total. The first-order valence-corrected chi connectivity index (χ1v) is 5.29. The van der Waals surface area contributed by atoms with Gasteiger partial charge >= 0.3 is 5.97 Å². The fourth-order valence-corrected chi connectivity index (χ4v) is 2.04. The Kier molecular flexibility index (Phi) is 2.57. The third-order valence-electron chi connectivity index (χ3n) is 2.75. The molecule has 0 fully saturated rings. The van der Waals surface area contributed by atoms with Crippen molar-refractivity contribution in [1.82, 2.24) is 4.57 Å². The summed E-state index contributed by atoms with van der Waals surface area (Å²) in [5.74, 6) is -0.913. The van der Waals surface area contributed by atoms with Crippen LogP contribution in [0.5, 0.6) is 5.75 Å². The van der Waals surface area contributed by atoms with Crippen LogP contribution in [-0.4, -0.2) is 34.2 Å². The highest BCUT2D eigenvalue weighted by atomic mass is 16.5. The smallest absolute Gasteiger partial charge is 0.356 e. The van der Waals surface area contributed by atoms with Gasteiger partial charge in [0.25, 0.3) is 0 Å². The SMILES string of the molecule is CC(=O)N1CC(C)Oc2c1cn(C)c2C(=O)O. The summed E-state index contributed by atoms with van der Waals surface area (Å²) in [4.78, 5) is 24.2. The normalized spacial score (nSPS) is 18.5. The van der Waals surface area contributed by atoms with Gasteiger partial charge in [0.2, 0.25) is 5.91 Å². The number of amides is 1. The van der Waals surface area contributed by atoms with Gasteiger partial charge in [-0.05, 0) is 6.92 Å². The zero-order valence-corrected chi connectivity index (χ0v) is 9.93. The molecule has 1 aliphatic heterocycles. The Morgan fingerprint density at radius 1 is 1.53 bits per heavy atom. The second-order valence-electron chi connectivity index (χ2n) is 4.17. The maximum absolute atomic E-state index is 11.5. The number of carboxylic acids is 1. The van der Waals surface area contributed by atoms with Crippen molar-refractivity contribution in [3.63, 3.8) is 0 Å². The molecule has 0 aliphatic carbocycles. The number of hydrogen-bond acceptors (Lipinski definition) is 3. The lowest BCUT2D eigenvalue weighted by Gasteiger charge is -2.30. The lowest BCUT2D eigenvalue weighted by atomic mass is 10.2. The lowest BCUT2D eigenvalue weighted by Crippen LogP contribution is -2.40. The Hall–Kier alpha value is -1.98. The Bertz CT molecular complexity index is 492. The number of ether oxygens (including phenoxy) is 1. The van der Waals surface area contributed by atoms with Crippen molar-refractivity contribution in [3.05, 3.63) is 11.9 Å². The van der Waals surface area contributed by atoms with Crippen LogP contribution in [0.1, 0.15) is 24.3 Å². The van der Waals surface area contributed by atoms with E-state index in [4.69, 9.17) is 9.84 Å². The molecule has 0 aromatic carbocycles. The summed E-state index contributed by atoms with van der Waals surface area (Å²) < 4.78 is 6.99. The third kappa shape index (κ3) is 1.75. The molecule has 1 unspecified atom stereocenters. The van der Waals surface area contributed by atoms with Crippen LogP contribution < -0.4 is 9.64 Å². The van der Waals surface area contributed by atoms with Gasteiger partial charge in [0.15, 0.2) is 11.4 Å². The van der Waals surface area contributed by atoms with Gasteiger partial charge in [-0.15, -0.1) is 0 Å². The van der Waals surface area contributed by atoms with Gasteiger partial charge in [-0.1, -0.05) is 0 Å². The number of aryl methyl sites for hydroxylation is 1. The summed E-state index contributed by atoms with van der Waals surface area (Å²) in [6.45, 7) is 3.69. The fraction of sp³-hybridized carbons (Fsp3) is 0.455. The minimum Gasteiger partial charge on any atom is -0.484 e. The van der Waals surface area contributed by atoms with E-state index in [1.54, 1.807) is 20.2 Å². The maximum atomic E-state index is 11.5. The van der Waals surface area contributed by atoms with E-state index in [1.807, 2.05) is 0 Å². The van der Waals surface area contributed by atoms with Crippen molar-refractivity contribution in [2.24, 2.45) is 7.05 Å². The first kappa shape index (κ1) is 11.5. The molecule has 6 heteroatoms. The lowest BCUT2D eigenvalue weighted by molar-refractivity contribution is -0.117. The molecule has 1 aromatic rings. The number of aromatic carboxylic acids is 1. The van der Waals surface area contributed by atoms with Crippen LogP contribution in [0.3, 0.4) is 0 Å². The number of aromatic nitrogens is 1. The Labute approximate surface area is 98.4 Å². The minimum absolute atomic E-state index is 0.0674. The van der Waals surface area contributed by atoms with Crippen LogP contribution in [0.4, 0.5) is 5.69 Å². The predicted molar refractivity (Wildman–Crippen MR) is 60.5 cm³/mol. The summed E-state index contributed by atoms with van der Waals surface area (Å²) in [5.41, 5.74) is 0.591. The number of rotatable bonds is 1. The standard InChI is InChI=1S/C11H14N2O4/c1-6-4-13(7(2)14)8-5-12(3)9(11(15)16)10(8)17-6/h5-6H,4H2,1-3H3,(H,15,16). The van der Waals surface area contributed by atoms with Crippen LogP contribution in [0.15, 0.2) is 6.20 Å². The molecule has 17 heavy (non-hydrogen) atoms. The molecule has 0 bridgehead atoms. The predicted octanol–water partition coefficient (Wildman–Crippen LogP) is 0.857. The average molecular weight is 238 g/mol. The summed E-state index contributed by atoms with van der Waals surface area (Å²) in [7, 11) is 1.62. The molecule has 0 saturated heterocycles. The molecule has 1 aliphatic rings. The summed E-state index contributed by atoms with van der Waals surface area (Å²) in [6, 6.07) is 0. The van der Waals surface area contributed by atoms with Gasteiger partial charge in [-0.3, -0.25) is 4.79 Å². The van der Waals surface area contributed by atoms with Crippen molar-refractivity contribution in [1.29, 1.82) is 0 Å². The number of carboxylic acid groups (broad SMARTS) is 1. The molecule has 0 spiro atoms. The highest BCUT2D eigenvalue weighted by Crippen LogP contribution is 2.38. The molecule has 0 radical (unpaired) electrons. The average Bonchev–Trinajstić information content (AvgIpc) is 2.52. The number of carbonyl (C=O) groups is 2. The topological polar surface area (TPSA) is 71.8 Å².